The van der Waals surface area contributed by atoms with E-state index in [1.165, 1.54) is 5.56 Å². The molecule has 2 heterocycles. The molecule has 0 saturated heterocycles. The third-order valence-electron chi connectivity index (χ3n) is 2.41. The third kappa shape index (κ3) is 1.86. The summed E-state index contributed by atoms with van der Waals surface area (Å²) >= 11 is 0. The number of nitrogens with zero attached hydrogens (tertiary/aromatic N) is 4. The summed E-state index contributed by atoms with van der Waals surface area (Å²) in [5, 5.41) is 8.56. The predicted molar refractivity (Wildman–Crippen MR) is 58.4 cm³/mol. The molecule has 2 N–H and O–H groups in total. The fourth-order valence-corrected chi connectivity index (χ4v) is 1.58. The van der Waals surface area contributed by atoms with E-state index in [9.17, 15) is 0 Å². The van der Waals surface area contributed by atoms with Crippen LogP contribution in [0.3, 0.4) is 0 Å². The summed E-state index contributed by atoms with van der Waals surface area (Å²) in [5.74, 6) is 0.587. The summed E-state index contributed by atoms with van der Waals surface area (Å²) in [7, 11) is 1.92. The Hall–Kier alpha value is -1.78. The molecule has 0 aliphatic heterocycles. The lowest BCUT2D eigenvalue weighted by molar-refractivity contribution is 0.651. The number of aromatic nitrogens is 4. The Labute approximate surface area is 88.5 Å². The van der Waals surface area contributed by atoms with Crippen molar-refractivity contribution in [2.24, 2.45) is 7.05 Å². The van der Waals surface area contributed by atoms with Crippen molar-refractivity contribution in [1.82, 2.24) is 19.6 Å². The molecular formula is C10H15N5. The number of nitrogens with two attached hydrogens (primary N) is 1. The molecule has 0 unspecified atom stereocenters. The molecule has 15 heavy (non-hydrogen) atoms. The molecule has 0 amide bonds. The van der Waals surface area contributed by atoms with Gasteiger partial charge in [0.15, 0.2) is 0 Å². The molecule has 0 spiro atoms. The van der Waals surface area contributed by atoms with Gasteiger partial charge in [-0.25, -0.2) is 0 Å². The lowest BCUT2D eigenvalue weighted by Crippen LogP contribution is -2.03. The van der Waals surface area contributed by atoms with Gasteiger partial charge >= 0.3 is 0 Å². The summed E-state index contributed by atoms with van der Waals surface area (Å²) in [5.41, 5.74) is 8.88. The maximum Gasteiger partial charge on any atom is 0.148 e. The van der Waals surface area contributed by atoms with Gasteiger partial charge < -0.3 is 5.73 Å². The van der Waals surface area contributed by atoms with Gasteiger partial charge in [-0.1, -0.05) is 0 Å². The Bertz CT molecular complexity index is 460. The van der Waals surface area contributed by atoms with Gasteiger partial charge in [-0.15, -0.1) is 0 Å². The van der Waals surface area contributed by atoms with Crippen LogP contribution < -0.4 is 5.73 Å². The minimum Gasteiger partial charge on any atom is -0.382 e. The molecule has 2 rings (SSSR count). The van der Waals surface area contributed by atoms with Gasteiger partial charge in [0.1, 0.15) is 5.82 Å². The second kappa shape index (κ2) is 3.42. The molecule has 80 valence electrons. The fourth-order valence-electron chi connectivity index (χ4n) is 1.58. The molecule has 0 atom stereocenters. The highest BCUT2D eigenvalue weighted by Gasteiger charge is 2.06. The molecule has 2 aromatic rings. The van der Waals surface area contributed by atoms with E-state index in [0.29, 0.717) is 12.4 Å². The number of anilines is 1. The average Bonchev–Trinajstić information content (AvgIpc) is 2.59. The van der Waals surface area contributed by atoms with Gasteiger partial charge in [0.05, 0.1) is 12.2 Å². The normalized spacial score (nSPS) is 10.9. The minimum atomic E-state index is 0.587. The molecule has 0 saturated carbocycles. The van der Waals surface area contributed by atoms with E-state index >= 15 is 0 Å². The molecule has 0 aliphatic rings. The van der Waals surface area contributed by atoms with E-state index in [1.54, 1.807) is 0 Å². The smallest absolute Gasteiger partial charge is 0.148 e. The van der Waals surface area contributed by atoms with Crippen LogP contribution in [0.25, 0.3) is 0 Å². The largest absolute Gasteiger partial charge is 0.382 e. The summed E-state index contributed by atoms with van der Waals surface area (Å²) < 4.78 is 3.63. The van der Waals surface area contributed by atoms with Crippen LogP contribution >= 0.6 is 0 Å². The highest BCUT2D eigenvalue weighted by Crippen LogP contribution is 2.10. The van der Waals surface area contributed by atoms with Crippen molar-refractivity contribution in [2.75, 3.05) is 5.73 Å². The van der Waals surface area contributed by atoms with Crippen molar-refractivity contribution >= 4 is 5.82 Å². The Kier molecular flexibility index (Phi) is 2.22. The Morgan fingerprint density at radius 3 is 2.40 bits per heavy atom. The van der Waals surface area contributed by atoms with E-state index < -0.39 is 0 Å². The van der Waals surface area contributed by atoms with E-state index in [1.807, 2.05) is 42.7 Å². The van der Waals surface area contributed by atoms with Crippen LogP contribution in [0.4, 0.5) is 5.82 Å². The SMILES string of the molecule is Cc1cn(Cc2nn(C)cc2C)nc1N. The standard InChI is InChI=1S/C10H15N5/c1-7-4-14(3)12-9(7)6-15-5-8(2)10(11)13-15/h4-5H,6H2,1-3H3,(H2,11,13). The van der Waals surface area contributed by atoms with Crippen LogP contribution in [-0.2, 0) is 13.6 Å². The van der Waals surface area contributed by atoms with E-state index in [4.69, 9.17) is 5.73 Å². The van der Waals surface area contributed by atoms with Crippen molar-refractivity contribution < 1.29 is 0 Å². The number of hydrogen-bond donors (Lipinski definition) is 1. The van der Waals surface area contributed by atoms with Crippen LogP contribution in [0.5, 0.6) is 0 Å². The number of aryl methyl sites for hydroxylation is 3. The maximum atomic E-state index is 5.68. The van der Waals surface area contributed by atoms with E-state index in [2.05, 4.69) is 10.2 Å². The first-order chi connectivity index (χ1) is 7.06. The first-order valence-corrected chi connectivity index (χ1v) is 4.85. The number of hydrogen-bond acceptors (Lipinski definition) is 3. The van der Waals surface area contributed by atoms with Crippen LogP contribution in [0, 0.1) is 13.8 Å². The van der Waals surface area contributed by atoms with Gasteiger partial charge in [0, 0.05) is 25.0 Å². The molecule has 2 aromatic heterocycles. The molecular weight excluding hydrogens is 190 g/mol. The van der Waals surface area contributed by atoms with Crippen LogP contribution in [0.15, 0.2) is 12.4 Å². The van der Waals surface area contributed by atoms with Gasteiger partial charge in [-0.3, -0.25) is 9.36 Å². The molecule has 0 bridgehead atoms. The van der Waals surface area contributed by atoms with Crippen LogP contribution in [0.2, 0.25) is 0 Å². The number of nitrogen functional groups attached to an aromatic ring is 1. The van der Waals surface area contributed by atoms with Crippen molar-refractivity contribution in [1.29, 1.82) is 0 Å². The summed E-state index contributed by atoms with van der Waals surface area (Å²) in [6.45, 7) is 4.66. The summed E-state index contributed by atoms with van der Waals surface area (Å²) in [6, 6.07) is 0. The van der Waals surface area contributed by atoms with Gasteiger partial charge in [-0.2, -0.15) is 10.2 Å². The molecule has 0 fully saturated rings. The molecule has 5 heteroatoms. The predicted octanol–water partition coefficient (Wildman–Crippen LogP) is 0.864. The second-order valence-electron chi connectivity index (χ2n) is 3.83. The minimum absolute atomic E-state index is 0.587. The zero-order valence-corrected chi connectivity index (χ0v) is 9.23. The highest BCUT2D eigenvalue weighted by atomic mass is 15.3. The quantitative estimate of drug-likeness (QED) is 0.791. The highest BCUT2D eigenvalue weighted by molar-refractivity contribution is 5.35. The van der Waals surface area contributed by atoms with Crippen molar-refractivity contribution in [3.8, 4) is 0 Å². The van der Waals surface area contributed by atoms with Gasteiger partial charge in [0.25, 0.3) is 0 Å². The van der Waals surface area contributed by atoms with Crippen molar-refractivity contribution in [3.05, 3.63) is 29.2 Å². The van der Waals surface area contributed by atoms with E-state index in [-0.39, 0.29) is 0 Å². The zero-order chi connectivity index (χ0) is 11.0. The van der Waals surface area contributed by atoms with E-state index in [0.717, 1.165) is 11.3 Å². The van der Waals surface area contributed by atoms with Gasteiger partial charge in [0.2, 0.25) is 0 Å². The van der Waals surface area contributed by atoms with Crippen molar-refractivity contribution in [2.45, 2.75) is 20.4 Å². The molecule has 0 aliphatic carbocycles. The van der Waals surface area contributed by atoms with Crippen LogP contribution in [-0.4, -0.2) is 19.6 Å². The van der Waals surface area contributed by atoms with Crippen molar-refractivity contribution in [3.63, 3.8) is 0 Å². The van der Waals surface area contributed by atoms with Gasteiger partial charge in [-0.05, 0) is 19.4 Å². The topological polar surface area (TPSA) is 61.7 Å². The second-order valence-corrected chi connectivity index (χ2v) is 3.83. The molecule has 5 nitrogen and oxygen atoms in total. The number of rotatable bonds is 2. The average molecular weight is 205 g/mol. The Morgan fingerprint density at radius 1 is 1.20 bits per heavy atom. The molecule has 0 radical (unpaired) electrons. The first-order valence-electron chi connectivity index (χ1n) is 4.85. The molecule has 0 aromatic carbocycles. The summed E-state index contributed by atoms with van der Waals surface area (Å²) in [4.78, 5) is 0. The Morgan fingerprint density at radius 2 is 1.93 bits per heavy atom. The summed E-state index contributed by atoms with van der Waals surface area (Å²) in [6.07, 6.45) is 3.93. The maximum absolute atomic E-state index is 5.68. The third-order valence-corrected chi connectivity index (χ3v) is 2.41. The lowest BCUT2D eigenvalue weighted by atomic mass is 10.3. The lowest BCUT2D eigenvalue weighted by Gasteiger charge is -1.98. The zero-order valence-electron chi connectivity index (χ0n) is 9.23. The first kappa shape index (κ1) is 9.76. The monoisotopic (exact) mass is 205 g/mol. The Balaban J connectivity index is 2.25. The van der Waals surface area contributed by atoms with Crippen LogP contribution in [0.1, 0.15) is 16.8 Å². The fraction of sp³-hybridized carbons (Fsp3) is 0.400.